The second-order valence-corrected chi connectivity index (χ2v) is 4.59. The van der Waals surface area contributed by atoms with Gasteiger partial charge in [-0.25, -0.2) is 0 Å². The van der Waals surface area contributed by atoms with Crippen LogP contribution in [0.15, 0.2) is 18.2 Å². The molecular formula is C10H8ClF3O2S. The molecule has 0 radical (unpaired) electrons. The van der Waals surface area contributed by atoms with E-state index in [0.717, 1.165) is 17.8 Å². The first-order valence-electron chi connectivity index (χ1n) is 4.46. The van der Waals surface area contributed by atoms with Gasteiger partial charge < -0.3 is 5.11 Å². The molecule has 0 aliphatic rings. The quantitative estimate of drug-likeness (QED) is 0.916. The number of carbonyl (C=O) groups is 1. The highest BCUT2D eigenvalue weighted by Gasteiger charge is 2.32. The van der Waals surface area contributed by atoms with E-state index >= 15 is 0 Å². The molecule has 0 atom stereocenters. The summed E-state index contributed by atoms with van der Waals surface area (Å²) in [5, 5.41) is 8.03. The lowest BCUT2D eigenvalue weighted by Gasteiger charge is -2.09. The molecule has 0 fully saturated rings. The van der Waals surface area contributed by atoms with Crippen molar-refractivity contribution in [2.24, 2.45) is 0 Å². The Balaban J connectivity index is 2.72. The molecule has 0 aromatic heterocycles. The SMILES string of the molecule is O=C(O)CSCc1ccc(C(F)(F)F)c(Cl)c1. The lowest BCUT2D eigenvalue weighted by Crippen LogP contribution is -2.06. The van der Waals surface area contributed by atoms with Crippen molar-refractivity contribution in [1.82, 2.24) is 0 Å². The van der Waals surface area contributed by atoms with Gasteiger partial charge in [0, 0.05) is 5.75 Å². The molecule has 0 spiro atoms. The molecule has 0 unspecified atom stereocenters. The van der Waals surface area contributed by atoms with Crippen LogP contribution in [-0.2, 0) is 16.7 Å². The maximum atomic E-state index is 12.4. The Morgan fingerprint density at radius 3 is 2.53 bits per heavy atom. The Labute approximate surface area is 105 Å². The molecule has 0 aliphatic heterocycles. The largest absolute Gasteiger partial charge is 0.481 e. The zero-order valence-corrected chi connectivity index (χ0v) is 9.99. The zero-order chi connectivity index (χ0) is 13.1. The summed E-state index contributed by atoms with van der Waals surface area (Å²) >= 11 is 6.61. The van der Waals surface area contributed by atoms with Gasteiger partial charge in [-0.05, 0) is 17.7 Å². The van der Waals surface area contributed by atoms with Crippen LogP contribution in [-0.4, -0.2) is 16.8 Å². The number of carboxylic acids is 1. The molecule has 17 heavy (non-hydrogen) atoms. The molecule has 0 saturated carbocycles. The first-order valence-corrected chi connectivity index (χ1v) is 5.99. The van der Waals surface area contributed by atoms with Crippen LogP contribution >= 0.6 is 23.4 Å². The number of thioether (sulfide) groups is 1. The number of benzene rings is 1. The van der Waals surface area contributed by atoms with Crippen molar-refractivity contribution in [1.29, 1.82) is 0 Å². The fourth-order valence-electron chi connectivity index (χ4n) is 1.13. The van der Waals surface area contributed by atoms with Crippen molar-refractivity contribution < 1.29 is 23.1 Å². The van der Waals surface area contributed by atoms with Crippen molar-refractivity contribution in [3.05, 3.63) is 34.3 Å². The van der Waals surface area contributed by atoms with Gasteiger partial charge in [-0.1, -0.05) is 17.7 Å². The summed E-state index contributed by atoms with van der Waals surface area (Å²) in [6.45, 7) is 0. The van der Waals surface area contributed by atoms with E-state index < -0.39 is 17.7 Å². The Bertz CT molecular complexity index is 421. The third kappa shape index (κ3) is 4.47. The third-order valence-corrected chi connectivity index (χ3v) is 3.13. The minimum absolute atomic E-state index is 0.0986. The summed E-state index contributed by atoms with van der Waals surface area (Å²) in [4.78, 5) is 10.2. The first-order chi connectivity index (χ1) is 7.80. The van der Waals surface area contributed by atoms with Gasteiger partial charge in [-0.3, -0.25) is 4.79 Å². The average Bonchev–Trinajstić information content (AvgIpc) is 2.14. The van der Waals surface area contributed by atoms with E-state index in [1.54, 1.807) is 0 Å². The molecule has 2 nitrogen and oxygen atoms in total. The van der Waals surface area contributed by atoms with Crippen LogP contribution in [0.4, 0.5) is 13.2 Å². The molecule has 7 heteroatoms. The highest BCUT2D eigenvalue weighted by atomic mass is 35.5. The zero-order valence-electron chi connectivity index (χ0n) is 8.42. The molecule has 1 aromatic rings. The standard InChI is InChI=1S/C10H8ClF3O2S/c11-8-3-6(4-17-5-9(15)16)1-2-7(8)10(12,13)14/h1-3H,4-5H2,(H,15,16). The van der Waals surface area contributed by atoms with Crippen molar-refractivity contribution >= 4 is 29.3 Å². The minimum Gasteiger partial charge on any atom is -0.481 e. The lowest BCUT2D eigenvalue weighted by molar-refractivity contribution is -0.137. The first kappa shape index (κ1) is 14.2. The average molecular weight is 285 g/mol. The topological polar surface area (TPSA) is 37.3 Å². The van der Waals surface area contributed by atoms with Crippen molar-refractivity contribution in [2.45, 2.75) is 11.9 Å². The number of halogens is 4. The van der Waals surface area contributed by atoms with Crippen LogP contribution in [0.2, 0.25) is 5.02 Å². The van der Waals surface area contributed by atoms with Crippen LogP contribution in [0.25, 0.3) is 0 Å². The summed E-state index contributed by atoms with van der Waals surface area (Å²) in [7, 11) is 0. The van der Waals surface area contributed by atoms with Gasteiger partial charge in [0.15, 0.2) is 0 Å². The monoisotopic (exact) mass is 284 g/mol. The fraction of sp³-hybridized carbons (Fsp3) is 0.300. The van der Waals surface area contributed by atoms with Crippen LogP contribution in [0.3, 0.4) is 0 Å². The molecule has 0 aliphatic carbocycles. The molecule has 0 heterocycles. The molecular weight excluding hydrogens is 277 g/mol. The summed E-state index contributed by atoms with van der Waals surface area (Å²) in [6.07, 6.45) is -4.47. The van der Waals surface area contributed by atoms with Gasteiger partial charge in [-0.2, -0.15) is 13.2 Å². The molecule has 1 aromatic carbocycles. The summed E-state index contributed by atoms with van der Waals surface area (Å²) in [5.74, 6) is -0.754. The second-order valence-electron chi connectivity index (χ2n) is 3.20. The highest BCUT2D eigenvalue weighted by Crippen LogP contribution is 2.35. The Morgan fingerprint density at radius 1 is 1.41 bits per heavy atom. The number of aliphatic carboxylic acids is 1. The Kier molecular flexibility index (Phi) is 4.70. The van der Waals surface area contributed by atoms with Crippen molar-refractivity contribution in [2.75, 3.05) is 5.75 Å². The van der Waals surface area contributed by atoms with Crippen LogP contribution in [0.1, 0.15) is 11.1 Å². The number of hydrogen-bond donors (Lipinski definition) is 1. The van der Waals surface area contributed by atoms with Crippen LogP contribution < -0.4 is 0 Å². The maximum Gasteiger partial charge on any atom is 0.417 e. The maximum absolute atomic E-state index is 12.4. The van der Waals surface area contributed by atoms with E-state index in [0.29, 0.717) is 11.3 Å². The number of rotatable bonds is 4. The molecule has 1 rings (SSSR count). The van der Waals surface area contributed by atoms with Crippen molar-refractivity contribution in [3.8, 4) is 0 Å². The van der Waals surface area contributed by atoms with E-state index in [4.69, 9.17) is 16.7 Å². The lowest BCUT2D eigenvalue weighted by atomic mass is 10.1. The van der Waals surface area contributed by atoms with Gasteiger partial charge in [0.05, 0.1) is 16.3 Å². The van der Waals surface area contributed by atoms with E-state index in [1.807, 2.05) is 0 Å². The summed E-state index contributed by atoms with van der Waals surface area (Å²) in [5.41, 5.74) is -0.319. The van der Waals surface area contributed by atoms with Gasteiger partial charge in [0.2, 0.25) is 0 Å². The van der Waals surface area contributed by atoms with Crippen molar-refractivity contribution in [3.63, 3.8) is 0 Å². The van der Waals surface area contributed by atoms with Gasteiger partial charge in [-0.15, -0.1) is 11.8 Å². The molecule has 94 valence electrons. The van der Waals surface area contributed by atoms with Gasteiger partial charge in [0.1, 0.15) is 0 Å². The number of carboxylic acid groups (broad SMARTS) is 1. The number of alkyl halides is 3. The van der Waals surface area contributed by atoms with Gasteiger partial charge >= 0.3 is 12.1 Å². The minimum atomic E-state index is -4.47. The predicted octanol–water partition coefficient (Wildman–Crippen LogP) is 3.68. The molecule has 0 bridgehead atoms. The molecule has 1 N–H and O–H groups in total. The third-order valence-electron chi connectivity index (χ3n) is 1.83. The Morgan fingerprint density at radius 2 is 2.06 bits per heavy atom. The normalized spacial score (nSPS) is 11.5. The van der Waals surface area contributed by atoms with Crippen LogP contribution in [0, 0.1) is 0 Å². The highest BCUT2D eigenvalue weighted by molar-refractivity contribution is 7.99. The molecule has 0 saturated heterocycles. The van der Waals surface area contributed by atoms with E-state index in [2.05, 4.69) is 0 Å². The van der Waals surface area contributed by atoms with Crippen LogP contribution in [0.5, 0.6) is 0 Å². The molecule has 0 amide bonds. The van der Waals surface area contributed by atoms with E-state index in [9.17, 15) is 18.0 Å². The fourth-order valence-corrected chi connectivity index (χ4v) is 2.14. The predicted molar refractivity (Wildman–Crippen MR) is 60.3 cm³/mol. The second kappa shape index (κ2) is 5.64. The Hall–Kier alpha value is -0.880. The summed E-state index contributed by atoms with van der Waals surface area (Å²) in [6, 6.07) is 3.40. The smallest absolute Gasteiger partial charge is 0.417 e. The van der Waals surface area contributed by atoms with E-state index in [-0.39, 0.29) is 10.8 Å². The van der Waals surface area contributed by atoms with E-state index in [1.165, 1.54) is 12.1 Å². The summed E-state index contributed by atoms with van der Waals surface area (Å²) < 4.78 is 37.1. The van der Waals surface area contributed by atoms with Gasteiger partial charge in [0.25, 0.3) is 0 Å². The number of hydrogen-bond acceptors (Lipinski definition) is 2.